The van der Waals surface area contributed by atoms with Crippen LogP contribution in [0.5, 0.6) is 6.01 Å². The molecule has 0 radical (unpaired) electrons. The maximum absolute atomic E-state index is 12.4. The van der Waals surface area contributed by atoms with E-state index < -0.39 is 0 Å². The van der Waals surface area contributed by atoms with Crippen molar-refractivity contribution < 1.29 is 9.53 Å². The number of aromatic nitrogens is 2. The number of fused-ring (bicyclic) bond motifs is 2. The molecule has 1 aromatic heterocycles. The lowest BCUT2D eigenvalue weighted by molar-refractivity contribution is -0.127. The van der Waals surface area contributed by atoms with Crippen molar-refractivity contribution in [1.29, 1.82) is 0 Å². The van der Waals surface area contributed by atoms with Gasteiger partial charge in [-0.2, -0.15) is 9.97 Å². The molecule has 9 nitrogen and oxygen atoms in total. The predicted molar refractivity (Wildman–Crippen MR) is 169 cm³/mol. The number of amides is 1. The third-order valence-corrected chi connectivity index (χ3v) is 8.89. The SMILES string of the molecule is [C-]#[N+]C[C@H]1CN(c2nc(OCCN(C)CC3CC3)nc3c2CCN(c2cccc4cccc(C)c24)C3)CCN1C(=O)C#C. The summed E-state index contributed by atoms with van der Waals surface area (Å²) in [5.41, 5.74) is 4.55. The number of piperazine rings is 1. The summed E-state index contributed by atoms with van der Waals surface area (Å²) >= 11 is 0. The molecule has 2 aliphatic heterocycles. The zero-order chi connectivity index (χ0) is 29.9. The number of ether oxygens (including phenoxy) is 1. The highest BCUT2D eigenvalue weighted by Gasteiger charge is 2.35. The Morgan fingerprint density at radius 1 is 1.16 bits per heavy atom. The van der Waals surface area contributed by atoms with Gasteiger partial charge in [0, 0.05) is 55.9 Å². The number of carbonyl (C=O) groups is 1. The average molecular weight is 578 g/mol. The summed E-state index contributed by atoms with van der Waals surface area (Å²) < 4.78 is 6.21. The van der Waals surface area contributed by atoms with Crippen molar-refractivity contribution >= 4 is 28.2 Å². The zero-order valence-electron chi connectivity index (χ0n) is 25.1. The molecule has 1 saturated heterocycles. The van der Waals surface area contributed by atoms with Gasteiger partial charge >= 0.3 is 6.01 Å². The van der Waals surface area contributed by atoms with E-state index in [4.69, 9.17) is 27.7 Å². The Morgan fingerprint density at radius 2 is 1.98 bits per heavy atom. The fourth-order valence-electron chi connectivity index (χ4n) is 6.47. The Morgan fingerprint density at radius 3 is 2.74 bits per heavy atom. The summed E-state index contributed by atoms with van der Waals surface area (Å²) in [7, 11) is 2.14. The van der Waals surface area contributed by atoms with Crippen LogP contribution in [0.3, 0.4) is 0 Å². The first-order chi connectivity index (χ1) is 20.9. The van der Waals surface area contributed by atoms with E-state index in [0.29, 0.717) is 38.8 Å². The van der Waals surface area contributed by atoms with Crippen LogP contribution in [-0.4, -0.2) is 91.2 Å². The first kappa shape index (κ1) is 28.8. The van der Waals surface area contributed by atoms with Gasteiger partial charge in [0.05, 0.1) is 12.2 Å². The summed E-state index contributed by atoms with van der Waals surface area (Å²) in [5, 5.41) is 2.51. The highest BCUT2D eigenvalue weighted by Crippen LogP contribution is 2.36. The highest BCUT2D eigenvalue weighted by molar-refractivity contribution is 5.97. The standard InChI is InChI=1S/C34H39N7O2/c1-5-31(42)41-17-16-40(22-27(41)20-35-3)33-28-14-15-39(30-11-7-10-26-9-6-8-24(2)32(26)30)23-29(28)36-34(37-33)43-19-18-38(4)21-25-12-13-25/h1,6-11,25,27H,12-23H2,2,4H3/t27-/m0/s1. The molecule has 9 heteroatoms. The van der Waals surface area contributed by atoms with Crippen LogP contribution in [0.1, 0.15) is 29.7 Å². The van der Waals surface area contributed by atoms with Gasteiger partial charge in [0.2, 0.25) is 6.54 Å². The molecule has 1 atom stereocenters. The minimum atomic E-state index is -0.363. The van der Waals surface area contributed by atoms with Crippen molar-refractivity contribution in [2.24, 2.45) is 5.92 Å². The van der Waals surface area contributed by atoms with E-state index in [1.54, 1.807) is 4.90 Å². The van der Waals surface area contributed by atoms with Crippen molar-refractivity contribution in [2.45, 2.75) is 38.8 Å². The maximum atomic E-state index is 12.4. The summed E-state index contributed by atoms with van der Waals surface area (Å²) in [5.74, 6) is 3.54. The van der Waals surface area contributed by atoms with Crippen molar-refractivity contribution in [2.75, 3.05) is 69.3 Å². The zero-order valence-corrected chi connectivity index (χ0v) is 25.1. The molecule has 2 fully saturated rings. The van der Waals surface area contributed by atoms with Crippen LogP contribution < -0.4 is 14.5 Å². The molecule has 1 saturated carbocycles. The topological polar surface area (TPSA) is 69.4 Å². The van der Waals surface area contributed by atoms with Gasteiger partial charge in [-0.05, 0) is 62.1 Å². The molecule has 0 N–H and O–H groups in total. The minimum Gasteiger partial charge on any atom is -0.462 e. The molecule has 3 heterocycles. The van der Waals surface area contributed by atoms with Gasteiger partial charge in [-0.15, -0.1) is 6.42 Å². The van der Waals surface area contributed by atoms with Gasteiger partial charge in [0.15, 0.2) is 0 Å². The van der Waals surface area contributed by atoms with E-state index in [1.807, 2.05) is 0 Å². The lowest BCUT2D eigenvalue weighted by Gasteiger charge is -2.40. The van der Waals surface area contributed by atoms with E-state index >= 15 is 0 Å². The molecule has 3 aromatic rings. The lowest BCUT2D eigenvalue weighted by atomic mass is 9.99. The second-order valence-electron chi connectivity index (χ2n) is 12.0. The van der Waals surface area contributed by atoms with E-state index in [2.05, 4.69) is 75.8 Å². The number of hydrogen-bond acceptors (Lipinski definition) is 7. The third kappa shape index (κ3) is 6.23. The van der Waals surface area contributed by atoms with Gasteiger partial charge in [-0.3, -0.25) is 4.79 Å². The number of terminal acetylenes is 1. The third-order valence-electron chi connectivity index (χ3n) is 8.89. The number of anilines is 2. The molecule has 1 amide bonds. The van der Waals surface area contributed by atoms with Gasteiger partial charge in [-0.1, -0.05) is 30.3 Å². The van der Waals surface area contributed by atoms with Crippen LogP contribution in [-0.2, 0) is 17.8 Å². The quantitative estimate of drug-likeness (QED) is 0.283. The second-order valence-corrected chi connectivity index (χ2v) is 12.0. The molecule has 222 valence electrons. The number of benzene rings is 2. The Labute approximate surface area is 254 Å². The van der Waals surface area contributed by atoms with Crippen LogP contribution in [0.2, 0.25) is 0 Å². The van der Waals surface area contributed by atoms with E-state index in [0.717, 1.165) is 49.0 Å². The van der Waals surface area contributed by atoms with Crippen LogP contribution in [0.15, 0.2) is 36.4 Å². The van der Waals surface area contributed by atoms with Crippen molar-refractivity contribution in [1.82, 2.24) is 19.8 Å². The second kappa shape index (κ2) is 12.5. The summed E-state index contributed by atoms with van der Waals surface area (Å²) in [6.07, 6.45) is 8.88. The van der Waals surface area contributed by atoms with Crippen LogP contribution >= 0.6 is 0 Å². The monoisotopic (exact) mass is 577 g/mol. The summed E-state index contributed by atoms with van der Waals surface area (Å²) in [6, 6.07) is 13.0. The van der Waals surface area contributed by atoms with E-state index in [9.17, 15) is 4.79 Å². The summed E-state index contributed by atoms with van der Waals surface area (Å²) in [6.45, 7) is 15.3. The Bertz CT molecular complexity index is 1580. The smallest absolute Gasteiger partial charge is 0.318 e. The van der Waals surface area contributed by atoms with Crippen LogP contribution in [0.4, 0.5) is 11.5 Å². The molecule has 0 unspecified atom stereocenters. The van der Waals surface area contributed by atoms with Gasteiger partial charge in [0.1, 0.15) is 18.5 Å². The fourth-order valence-corrected chi connectivity index (χ4v) is 6.47. The number of carbonyl (C=O) groups excluding carboxylic acids is 1. The number of likely N-dealkylation sites (N-methyl/N-ethyl adjacent to an activating group) is 1. The maximum Gasteiger partial charge on any atom is 0.318 e. The number of aryl methyl sites for hydroxylation is 1. The molecule has 1 aliphatic carbocycles. The predicted octanol–water partition coefficient (Wildman–Crippen LogP) is 3.79. The molecule has 3 aliphatic rings. The molecule has 6 rings (SSSR count). The number of rotatable bonds is 9. The number of nitrogens with zero attached hydrogens (tertiary/aromatic N) is 7. The van der Waals surface area contributed by atoms with Crippen molar-refractivity contribution in [3.63, 3.8) is 0 Å². The fraction of sp³-hybridized carbons (Fsp3) is 0.471. The van der Waals surface area contributed by atoms with Gasteiger partial charge in [0.25, 0.3) is 5.91 Å². The average Bonchev–Trinajstić information content (AvgIpc) is 3.84. The lowest BCUT2D eigenvalue weighted by Crippen LogP contribution is -2.56. The first-order valence-corrected chi connectivity index (χ1v) is 15.2. The first-order valence-electron chi connectivity index (χ1n) is 15.2. The van der Waals surface area contributed by atoms with E-state index in [1.165, 1.54) is 34.9 Å². The minimum absolute atomic E-state index is 0.197. The largest absolute Gasteiger partial charge is 0.462 e. The molecule has 2 aromatic carbocycles. The van der Waals surface area contributed by atoms with Gasteiger partial charge in [-0.25, -0.2) is 6.57 Å². The van der Waals surface area contributed by atoms with Crippen LogP contribution in [0, 0.1) is 31.8 Å². The molecule has 43 heavy (non-hydrogen) atoms. The van der Waals surface area contributed by atoms with E-state index in [-0.39, 0.29) is 18.5 Å². The Balaban J connectivity index is 1.30. The molecular weight excluding hydrogens is 538 g/mol. The molecular formula is C34H39N7O2. The van der Waals surface area contributed by atoms with Crippen molar-refractivity contribution in [3.05, 3.63) is 64.6 Å². The Kier molecular flexibility index (Phi) is 8.35. The molecule has 0 bridgehead atoms. The molecule has 0 spiro atoms. The summed E-state index contributed by atoms with van der Waals surface area (Å²) in [4.78, 5) is 34.5. The van der Waals surface area contributed by atoms with Crippen molar-refractivity contribution in [3.8, 4) is 18.4 Å². The highest BCUT2D eigenvalue weighted by atomic mass is 16.5. The van der Waals surface area contributed by atoms with Crippen LogP contribution in [0.25, 0.3) is 15.6 Å². The van der Waals surface area contributed by atoms with Gasteiger partial charge < -0.3 is 29.2 Å². The normalized spacial score (nSPS) is 18.3. The Hall–Kier alpha value is -4.34. The number of hydrogen-bond donors (Lipinski definition) is 0.